The monoisotopic (exact) mass is 349 g/mol. The van der Waals surface area contributed by atoms with E-state index in [4.69, 9.17) is 9.56 Å². The lowest BCUT2D eigenvalue weighted by Crippen LogP contribution is -2.46. The number of halogens is 1. The Morgan fingerprint density at radius 3 is 2.09 bits per heavy atom. The lowest BCUT2D eigenvalue weighted by Gasteiger charge is -2.39. The van der Waals surface area contributed by atoms with Crippen molar-refractivity contribution in [3.8, 4) is 0 Å². The number of hydrogen-bond acceptors (Lipinski definition) is 5. The topological polar surface area (TPSA) is 95.2 Å². The second-order valence-electron chi connectivity index (χ2n) is 6.85. The van der Waals surface area contributed by atoms with Crippen LogP contribution in [0.15, 0.2) is 12.4 Å². The zero-order chi connectivity index (χ0) is 17.3. The van der Waals surface area contributed by atoms with E-state index in [0.717, 1.165) is 12.4 Å². The van der Waals surface area contributed by atoms with Gasteiger partial charge in [0.15, 0.2) is 20.0 Å². The summed E-state index contributed by atoms with van der Waals surface area (Å²) in [4.78, 5) is 7.74. The molecule has 2 N–H and O–H groups in total. The van der Waals surface area contributed by atoms with E-state index in [9.17, 15) is 12.8 Å². The van der Waals surface area contributed by atoms with Gasteiger partial charge in [0.05, 0.1) is 12.4 Å². The Kier molecular flexibility index (Phi) is 5.49. The summed E-state index contributed by atoms with van der Waals surface area (Å²) in [6, 6.07) is 0. The summed E-state index contributed by atoms with van der Waals surface area (Å²) in [7, 11) is -6.15. The zero-order valence-corrected chi connectivity index (χ0v) is 15.6. The molecule has 22 heavy (non-hydrogen) atoms. The summed E-state index contributed by atoms with van der Waals surface area (Å²) in [6.07, 6.45) is 1.04. The summed E-state index contributed by atoms with van der Waals surface area (Å²) in [5, 5.41) is 4.08. The molecule has 0 saturated carbocycles. The van der Waals surface area contributed by atoms with Crippen LogP contribution in [0, 0.1) is 5.82 Å². The number of sulfonamides is 1. The Morgan fingerprint density at radius 2 is 1.73 bits per heavy atom. The zero-order valence-electron chi connectivity index (χ0n) is 13.8. The third kappa shape index (κ3) is 4.54. The Bertz CT molecular complexity index is 614. The summed E-state index contributed by atoms with van der Waals surface area (Å²) in [6.45, 7) is 11.5. The average molecular weight is 350 g/mol. The van der Waals surface area contributed by atoms with Gasteiger partial charge in [-0.05, 0) is 25.1 Å². The highest BCUT2D eigenvalue weighted by Crippen LogP contribution is 2.40. The Labute approximate surface area is 132 Å². The van der Waals surface area contributed by atoms with Gasteiger partial charge in [0.25, 0.3) is 0 Å². The quantitative estimate of drug-likeness (QED) is 0.823. The number of primary sulfonamides is 1. The van der Waals surface area contributed by atoms with Crippen LogP contribution in [-0.4, -0.2) is 32.0 Å². The number of nitrogens with two attached hydrogens (primary N) is 1. The number of rotatable bonds is 5. The molecule has 6 nitrogen and oxygen atoms in total. The van der Waals surface area contributed by atoms with Crippen LogP contribution in [0.5, 0.6) is 0 Å². The molecule has 0 amide bonds. The molecule has 0 bridgehead atoms. The van der Waals surface area contributed by atoms with Gasteiger partial charge in [0.2, 0.25) is 10.0 Å². The molecule has 126 valence electrons. The molecule has 0 saturated heterocycles. The first kappa shape index (κ1) is 19.1. The molecule has 0 aromatic carbocycles. The van der Waals surface area contributed by atoms with Crippen LogP contribution in [0.2, 0.25) is 18.1 Å². The van der Waals surface area contributed by atoms with Gasteiger partial charge in [0, 0.05) is 0 Å². The minimum absolute atomic E-state index is 0.118. The summed E-state index contributed by atoms with van der Waals surface area (Å²) in [5.41, 5.74) is 0. The van der Waals surface area contributed by atoms with E-state index in [1.807, 2.05) is 33.9 Å². The van der Waals surface area contributed by atoms with Gasteiger partial charge in [-0.1, -0.05) is 20.8 Å². The largest absolute Gasteiger partial charge is 0.405 e. The highest BCUT2D eigenvalue weighted by molar-refractivity contribution is 7.89. The first-order valence-corrected chi connectivity index (χ1v) is 11.4. The lowest BCUT2D eigenvalue weighted by molar-refractivity contribution is 0.172. The van der Waals surface area contributed by atoms with E-state index in [2.05, 4.69) is 9.97 Å². The minimum Gasteiger partial charge on any atom is -0.405 e. The van der Waals surface area contributed by atoms with Crippen molar-refractivity contribution < 1.29 is 17.2 Å². The van der Waals surface area contributed by atoms with Crippen molar-refractivity contribution in [1.29, 1.82) is 0 Å². The SMILES string of the molecule is C[C@H]([C@@H](O[Si](C)(C)C(C)(C)C)c1ncc(F)cn1)S(N)(=O)=O. The first-order chi connectivity index (χ1) is 9.75. The minimum atomic E-state index is -3.85. The van der Waals surface area contributed by atoms with E-state index >= 15 is 0 Å². The number of aromatic nitrogens is 2. The third-order valence-corrected chi connectivity index (χ3v) is 9.81. The predicted molar refractivity (Wildman–Crippen MR) is 85.6 cm³/mol. The fraction of sp³-hybridized carbons (Fsp3) is 0.692. The molecule has 0 unspecified atom stereocenters. The second kappa shape index (κ2) is 6.30. The lowest BCUT2D eigenvalue weighted by atomic mass is 10.2. The van der Waals surface area contributed by atoms with Crippen molar-refractivity contribution in [3.63, 3.8) is 0 Å². The van der Waals surface area contributed by atoms with Crippen molar-refractivity contribution in [2.45, 2.75) is 57.2 Å². The van der Waals surface area contributed by atoms with Crippen LogP contribution in [-0.2, 0) is 14.4 Å². The maximum Gasteiger partial charge on any atom is 0.214 e. The molecule has 1 heterocycles. The Morgan fingerprint density at radius 1 is 1.27 bits per heavy atom. The van der Waals surface area contributed by atoms with Crippen LogP contribution >= 0.6 is 0 Å². The molecular weight excluding hydrogens is 325 g/mol. The summed E-state index contributed by atoms with van der Waals surface area (Å²) in [5.74, 6) is -0.481. The van der Waals surface area contributed by atoms with Crippen molar-refractivity contribution in [2.24, 2.45) is 5.14 Å². The molecule has 0 spiro atoms. The van der Waals surface area contributed by atoms with Crippen LogP contribution < -0.4 is 5.14 Å². The summed E-state index contributed by atoms with van der Waals surface area (Å²) < 4.78 is 42.6. The maximum atomic E-state index is 13.0. The molecule has 0 fully saturated rings. The van der Waals surface area contributed by atoms with Gasteiger partial charge in [-0.25, -0.2) is 27.9 Å². The van der Waals surface area contributed by atoms with E-state index < -0.39 is 35.5 Å². The first-order valence-electron chi connectivity index (χ1n) is 6.92. The molecule has 1 rings (SSSR count). The fourth-order valence-corrected chi connectivity index (χ4v) is 3.41. The fourth-order valence-electron chi connectivity index (χ4n) is 1.49. The van der Waals surface area contributed by atoms with Gasteiger partial charge >= 0.3 is 0 Å². The van der Waals surface area contributed by atoms with Crippen molar-refractivity contribution in [1.82, 2.24) is 9.97 Å². The molecule has 0 aliphatic carbocycles. The highest BCUT2D eigenvalue weighted by atomic mass is 32.2. The van der Waals surface area contributed by atoms with E-state index in [1.165, 1.54) is 6.92 Å². The van der Waals surface area contributed by atoms with Crippen LogP contribution in [0.3, 0.4) is 0 Å². The molecule has 0 radical (unpaired) electrons. The second-order valence-corrected chi connectivity index (χ2v) is 13.5. The third-order valence-electron chi connectivity index (χ3n) is 4.07. The van der Waals surface area contributed by atoms with Gasteiger partial charge < -0.3 is 4.43 Å². The van der Waals surface area contributed by atoms with E-state index in [-0.39, 0.29) is 10.9 Å². The van der Waals surface area contributed by atoms with Gasteiger partial charge in [-0.2, -0.15) is 0 Å². The van der Waals surface area contributed by atoms with Crippen LogP contribution in [0.1, 0.15) is 39.6 Å². The Hall–Kier alpha value is -0.903. The van der Waals surface area contributed by atoms with Gasteiger partial charge in [-0.3, -0.25) is 0 Å². The smallest absolute Gasteiger partial charge is 0.214 e. The highest BCUT2D eigenvalue weighted by Gasteiger charge is 2.43. The standard InChI is InChI=1S/C13H24FN3O3SSi/c1-9(21(15,18)19)11(12-16-7-10(14)8-17-12)20-22(5,6)13(2,3)4/h7-9,11H,1-6H3,(H2,15,18,19)/t9-,11-/m1/s1. The van der Waals surface area contributed by atoms with Gasteiger partial charge in [0.1, 0.15) is 11.4 Å². The average Bonchev–Trinajstić information content (AvgIpc) is 2.34. The van der Waals surface area contributed by atoms with Crippen LogP contribution in [0.25, 0.3) is 0 Å². The summed E-state index contributed by atoms with van der Waals surface area (Å²) >= 11 is 0. The molecular formula is C13H24FN3O3SSi. The van der Waals surface area contributed by atoms with Crippen molar-refractivity contribution >= 4 is 18.3 Å². The van der Waals surface area contributed by atoms with E-state index in [1.54, 1.807) is 0 Å². The van der Waals surface area contributed by atoms with Gasteiger partial charge in [-0.15, -0.1) is 0 Å². The van der Waals surface area contributed by atoms with Crippen molar-refractivity contribution in [2.75, 3.05) is 0 Å². The molecule has 0 aliphatic rings. The molecule has 0 aliphatic heterocycles. The van der Waals surface area contributed by atoms with Crippen molar-refractivity contribution in [3.05, 3.63) is 24.0 Å². The normalized spacial score (nSPS) is 16.4. The van der Waals surface area contributed by atoms with Crippen LogP contribution in [0.4, 0.5) is 4.39 Å². The molecule has 9 heteroatoms. The predicted octanol–water partition coefficient (Wildman–Crippen LogP) is 2.36. The van der Waals surface area contributed by atoms with E-state index in [0.29, 0.717) is 0 Å². The molecule has 1 aromatic rings. The number of hydrogen-bond donors (Lipinski definition) is 1. The number of nitrogens with zero attached hydrogens (tertiary/aromatic N) is 2. The maximum absolute atomic E-state index is 13.0. The molecule has 2 atom stereocenters. The Balaban J connectivity index is 3.27. The molecule has 1 aromatic heterocycles.